The van der Waals surface area contributed by atoms with E-state index in [4.69, 9.17) is 21.6 Å². The molecule has 0 atom stereocenters. The van der Waals surface area contributed by atoms with E-state index in [9.17, 15) is 0 Å². The molecule has 0 saturated carbocycles. The van der Waals surface area contributed by atoms with Gasteiger partial charge < -0.3 is 20.5 Å². The first-order valence-corrected chi connectivity index (χ1v) is 7.74. The molecule has 0 bridgehead atoms. The van der Waals surface area contributed by atoms with E-state index in [2.05, 4.69) is 21.2 Å². The second-order valence-corrected chi connectivity index (χ2v) is 5.23. The smallest absolute Gasteiger partial charge is 0.162 e. The summed E-state index contributed by atoms with van der Waals surface area (Å²) in [6.07, 6.45) is 6.95. The Kier molecular flexibility index (Phi) is 4.97. The summed E-state index contributed by atoms with van der Waals surface area (Å²) in [5, 5.41) is 4.08. The number of benzene rings is 2. The normalized spacial score (nSPS) is 10.3. The Balaban J connectivity index is 2.04. The van der Waals surface area contributed by atoms with Crippen LogP contribution in [-0.4, -0.2) is 30.2 Å². The van der Waals surface area contributed by atoms with Gasteiger partial charge in [0.25, 0.3) is 0 Å². The molecule has 3 rings (SSSR count). The van der Waals surface area contributed by atoms with Crippen LogP contribution in [0.3, 0.4) is 0 Å². The van der Waals surface area contributed by atoms with Crippen LogP contribution in [0.15, 0.2) is 42.7 Å². The van der Waals surface area contributed by atoms with E-state index in [1.165, 1.54) is 6.33 Å². The summed E-state index contributed by atoms with van der Waals surface area (Å²) < 4.78 is 11.0. The van der Waals surface area contributed by atoms with Gasteiger partial charge in [0.15, 0.2) is 11.5 Å². The van der Waals surface area contributed by atoms with Crippen LogP contribution in [0.2, 0.25) is 0 Å². The van der Waals surface area contributed by atoms with E-state index in [1.54, 1.807) is 7.11 Å². The number of rotatable bonds is 6. The van der Waals surface area contributed by atoms with Crippen LogP contribution in [0.25, 0.3) is 10.9 Å². The summed E-state index contributed by atoms with van der Waals surface area (Å²) in [7, 11) is 1.59. The first-order chi connectivity index (χ1) is 12.2. The molecule has 25 heavy (non-hydrogen) atoms. The minimum Gasteiger partial charge on any atom is -0.493 e. The molecule has 3 N–H and O–H groups in total. The Morgan fingerprint density at radius 1 is 1.20 bits per heavy atom. The van der Waals surface area contributed by atoms with Gasteiger partial charge in [0.1, 0.15) is 18.8 Å². The maximum absolute atomic E-state index is 5.67. The van der Waals surface area contributed by atoms with E-state index in [0.29, 0.717) is 30.5 Å². The molecular weight excluding hydrogens is 316 g/mol. The summed E-state index contributed by atoms with van der Waals surface area (Å²) in [4.78, 5) is 8.64. The second-order valence-electron chi connectivity index (χ2n) is 5.23. The molecular formula is C19H18N4O2. The van der Waals surface area contributed by atoms with Crippen LogP contribution >= 0.6 is 0 Å². The van der Waals surface area contributed by atoms with Gasteiger partial charge in [0.2, 0.25) is 0 Å². The van der Waals surface area contributed by atoms with Crippen molar-refractivity contribution < 1.29 is 9.47 Å². The zero-order valence-corrected chi connectivity index (χ0v) is 13.8. The van der Waals surface area contributed by atoms with Crippen LogP contribution < -0.4 is 20.5 Å². The third-order valence-corrected chi connectivity index (χ3v) is 3.59. The van der Waals surface area contributed by atoms with Gasteiger partial charge in [-0.05, 0) is 24.3 Å². The number of nitrogens with one attached hydrogen (secondary N) is 1. The third kappa shape index (κ3) is 3.62. The molecule has 0 radical (unpaired) electrons. The molecule has 6 nitrogen and oxygen atoms in total. The molecule has 0 unspecified atom stereocenters. The van der Waals surface area contributed by atoms with Crippen LogP contribution in [0.5, 0.6) is 11.5 Å². The van der Waals surface area contributed by atoms with Crippen LogP contribution in [-0.2, 0) is 0 Å². The van der Waals surface area contributed by atoms with Crippen molar-refractivity contribution in [1.29, 1.82) is 0 Å². The van der Waals surface area contributed by atoms with Gasteiger partial charge in [-0.1, -0.05) is 12.0 Å². The zero-order valence-electron chi connectivity index (χ0n) is 13.8. The average Bonchev–Trinajstić information content (AvgIpc) is 2.66. The zero-order chi connectivity index (χ0) is 17.6. The molecule has 0 fully saturated rings. The molecule has 3 aromatic rings. The van der Waals surface area contributed by atoms with Crippen molar-refractivity contribution in [3.63, 3.8) is 0 Å². The molecule has 0 aliphatic heterocycles. The minimum atomic E-state index is 0.391. The summed E-state index contributed by atoms with van der Waals surface area (Å²) >= 11 is 0. The Labute approximate surface area is 146 Å². The summed E-state index contributed by atoms with van der Waals surface area (Å²) in [6, 6.07) is 11.2. The lowest BCUT2D eigenvalue weighted by molar-refractivity contribution is 0.303. The van der Waals surface area contributed by atoms with Crippen molar-refractivity contribution in [1.82, 2.24) is 9.97 Å². The van der Waals surface area contributed by atoms with E-state index >= 15 is 0 Å². The lowest BCUT2D eigenvalue weighted by Crippen LogP contribution is -2.11. The van der Waals surface area contributed by atoms with Crippen molar-refractivity contribution in [2.75, 3.05) is 25.6 Å². The van der Waals surface area contributed by atoms with Crippen molar-refractivity contribution in [2.45, 2.75) is 0 Å². The largest absolute Gasteiger partial charge is 0.493 e. The van der Waals surface area contributed by atoms with E-state index < -0.39 is 0 Å². The highest BCUT2D eigenvalue weighted by atomic mass is 16.5. The first-order valence-electron chi connectivity index (χ1n) is 7.74. The van der Waals surface area contributed by atoms with Crippen molar-refractivity contribution >= 4 is 22.4 Å². The molecule has 0 spiro atoms. The van der Waals surface area contributed by atoms with Gasteiger partial charge in [0, 0.05) is 29.2 Å². The topological polar surface area (TPSA) is 82.3 Å². The number of terminal acetylenes is 1. The number of anilines is 2. The van der Waals surface area contributed by atoms with E-state index in [-0.39, 0.29) is 0 Å². The fourth-order valence-corrected chi connectivity index (χ4v) is 2.43. The maximum atomic E-state index is 5.67. The van der Waals surface area contributed by atoms with Crippen molar-refractivity contribution in [3.8, 4) is 23.8 Å². The van der Waals surface area contributed by atoms with Gasteiger partial charge in [-0.15, -0.1) is 6.42 Å². The third-order valence-electron chi connectivity index (χ3n) is 3.59. The van der Waals surface area contributed by atoms with Gasteiger partial charge in [-0.25, -0.2) is 9.97 Å². The lowest BCUT2D eigenvalue weighted by Gasteiger charge is -2.13. The molecule has 1 heterocycles. The average molecular weight is 334 g/mol. The molecule has 0 aliphatic rings. The lowest BCUT2D eigenvalue weighted by atomic mass is 10.2. The minimum absolute atomic E-state index is 0.391. The number of hydrogen-bond acceptors (Lipinski definition) is 6. The predicted molar refractivity (Wildman–Crippen MR) is 98.3 cm³/mol. The summed E-state index contributed by atoms with van der Waals surface area (Å²) in [5.74, 6) is 4.46. The van der Waals surface area contributed by atoms with Crippen molar-refractivity contribution in [2.24, 2.45) is 5.73 Å². The maximum Gasteiger partial charge on any atom is 0.162 e. The summed E-state index contributed by atoms with van der Waals surface area (Å²) in [6.45, 7) is 0.805. The van der Waals surface area contributed by atoms with Gasteiger partial charge in [-0.2, -0.15) is 0 Å². The fourth-order valence-electron chi connectivity index (χ4n) is 2.43. The standard InChI is InChI=1S/C19H18N4O2/c1-3-13-5-4-6-14(9-13)23-19-15-10-18(25-8-7-20)17(24-2)11-16(15)21-12-22-19/h1,4-6,9-12H,7-8,20H2,2H3,(H,21,22,23). The molecule has 1 aromatic heterocycles. The van der Waals surface area contributed by atoms with Crippen LogP contribution in [0.1, 0.15) is 5.56 Å². The Bertz CT molecular complexity index is 934. The van der Waals surface area contributed by atoms with Crippen LogP contribution in [0, 0.1) is 12.3 Å². The highest BCUT2D eigenvalue weighted by Gasteiger charge is 2.12. The Morgan fingerprint density at radius 2 is 2.08 bits per heavy atom. The highest BCUT2D eigenvalue weighted by molar-refractivity contribution is 5.93. The van der Waals surface area contributed by atoms with Gasteiger partial charge >= 0.3 is 0 Å². The second kappa shape index (κ2) is 7.51. The molecule has 126 valence electrons. The monoisotopic (exact) mass is 334 g/mol. The number of aromatic nitrogens is 2. The SMILES string of the molecule is C#Cc1cccc(Nc2ncnc3cc(OC)c(OCCN)cc23)c1. The van der Waals surface area contributed by atoms with Gasteiger partial charge in [-0.3, -0.25) is 0 Å². The Morgan fingerprint density at radius 3 is 2.84 bits per heavy atom. The molecule has 0 saturated heterocycles. The summed E-state index contributed by atoms with van der Waals surface area (Å²) in [5.41, 5.74) is 7.89. The molecule has 0 aliphatic carbocycles. The number of methoxy groups -OCH3 is 1. The molecule has 0 amide bonds. The van der Waals surface area contributed by atoms with E-state index in [1.807, 2.05) is 36.4 Å². The number of ether oxygens (including phenoxy) is 2. The van der Waals surface area contributed by atoms with Crippen LogP contribution in [0.4, 0.5) is 11.5 Å². The number of nitrogens with two attached hydrogens (primary N) is 1. The number of fused-ring (bicyclic) bond motifs is 1. The van der Waals surface area contributed by atoms with Gasteiger partial charge in [0.05, 0.1) is 12.6 Å². The Hall–Kier alpha value is -3.30. The van der Waals surface area contributed by atoms with E-state index in [0.717, 1.165) is 22.2 Å². The molecule has 2 aromatic carbocycles. The molecule has 6 heteroatoms. The number of hydrogen-bond donors (Lipinski definition) is 2. The number of nitrogens with zero attached hydrogens (tertiary/aromatic N) is 2. The fraction of sp³-hybridized carbons (Fsp3) is 0.158. The highest BCUT2D eigenvalue weighted by Crippen LogP contribution is 2.34. The quantitative estimate of drug-likeness (QED) is 0.675. The predicted octanol–water partition coefficient (Wildman–Crippen LogP) is 2.70. The first kappa shape index (κ1) is 16.6. The van der Waals surface area contributed by atoms with Crippen molar-refractivity contribution in [3.05, 3.63) is 48.3 Å².